The number of benzene rings is 1. The first-order valence-electron chi connectivity index (χ1n) is 7.26. The van der Waals surface area contributed by atoms with Crippen LogP contribution in [0.2, 0.25) is 0 Å². The van der Waals surface area contributed by atoms with Crippen LogP contribution in [0.3, 0.4) is 0 Å². The van der Waals surface area contributed by atoms with E-state index in [0.29, 0.717) is 12.4 Å². The third-order valence-corrected chi connectivity index (χ3v) is 4.51. The molecule has 1 atom stereocenters. The molecule has 4 nitrogen and oxygen atoms in total. The predicted molar refractivity (Wildman–Crippen MR) is 92.7 cm³/mol. The largest absolute Gasteiger partial charge is 0.490 e. The first-order valence-corrected chi connectivity index (χ1v) is 8.20. The summed E-state index contributed by atoms with van der Waals surface area (Å²) in [4.78, 5) is 11.7. The lowest BCUT2D eigenvalue weighted by molar-refractivity contribution is 0.0684. The van der Waals surface area contributed by atoms with E-state index in [0.717, 1.165) is 16.5 Å². The maximum atomic E-state index is 11.7. The van der Waals surface area contributed by atoms with E-state index in [9.17, 15) is 9.90 Å². The monoisotopic (exact) mass is 327 g/mol. The zero-order valence-corrected chi connectivity index (χ0v) is 13.5. The van der Waals surface area contributed by atoms with Crippen molar-refractivity contribution >= 4 is 28.2 Å². The molecular weight excluding hydrogens is 310 g/mol. The van der Waals surface area contributed by atoms with Gasteiger partial charge in [0.2, 0.25) is 0 Å². The van der Waals surface area contributed by atoms with Gasteiger partial charge in [0.15, 0.2) is 0 Å². The number of aromatic carboxylic acids is 1. The number of carboxylic acid groups (broad SMARTS) is 1. The number of fused-ring (bicyclic) bond motifs is 1. The molecule has 1 aromatic carbocycles. The minimum atomic E-state index is -0.933. The molecular formula is C18H17NO3S. The van der Waals surface area contributed by atoms with Crippen LogP contribution in [-0.2, 0) is 0 Å². The Bertz CT molecular complexity index is 849. The number of carbonyl (C=O) groups is 1. The number of hydrogen-bond donors (Lipinski definition) is 1. The van der Waals surface area contributed by atoms with Crippen LogP contribution in [0.5, 0.6) is 5.75 Å². The minimum Gasteiger partial charge on any atom is -0.490 e. The van der Waals surface area contributed by atoms with Crippen molar-refractivity contribution in [2.24, 2.45) is 0 Å². The van der Waals surface area contributed by atoms with Crippen LogP contribution in [0.4, 0.5) is 0 Å². The molecule has 1 N–H and O–H groups in total. The molecule has 0 aliphatic heterocycles. The molecule has 0 amide bonds. The molecule has 5 heteroatoms. The molecule has 3 aromatic rings. The van der Waals surface area contributed by atoms with Crippen molar-refractivity contribution in [2.75, 3.05) is 6.61 Å². The van der Waals surface area contributed by atoms with Gasteiger partial charge in [-0.2, -0.15) is 11.3 Å². The van der Waals surface area contributed by atoms with E-state index in [1.807, 2.05) is 46.5 Å². The lowest BCUT2D eigenvalue weighted by atomic mass is 10.1. The number of carboxylic acids is 1. The second-order valence-corrected chi connectivity index (χ2v) is 6.04. The standard InChI is InChI=1S/C18H17NO3S/c1-3-7-22-15-4-5-16-14(9-15)10-17(18(20)21)19(16)12(2)13-6-8-23-11-13/h3-6,8-12H,1,7H2,2H3,(H,20,21). The fraction of sp³-hybridized carbons (Fsp3) is 0.167. The lowest BCUT2D eigenvalue weighted by Gasteiger charge is -2.16. The zero-order chi connectivity index (χ0) is 16.4. The Morgan fingerprint density at radius 2 is 2.26 bits per heavy atom. The van der Waals surface area contributed by atoms with Crippen LogP contribution in [0.1, 0.15) is 29.0 Å². The highest BCUT2D eigenvalue weighted by Crippen LogP contribution is 2.31. The van der Waals surface area contributed by atoms with Crippen molar-refractivity contribution < 1.29 is 14.6 Å². The van der Waals surface area contributed by atoms with Gasteiger partial charge in [-0.25, -0.2) is 4.79 Å². The summed E-state index contributed by atoms with van der Waals surface area (Å²) in [6.07, 6.45) is 1.68. The molecule has 118 valence electrons. The molecule has 0 spiro atoms. The van der Waals surface area contributed by atoms with Crippen LogP contribution in [0.15, 0.2) is 53.7 Å². The van der Waals surface area contributed by atoms with Gasteiger partial charge in [-0.1, -0.05) is 12.7 Å². The molecule has 0 saturated carbocycles. The number of hydrogen-bond acceptors (Lipinski definition) is 3. The van der Waals surface area contributed by atoms with Crippen molar-refractivity contribution in [2.45, 2.75) is 13.0 Å². The lowest BCUT2D eigenvalue weighted by Crippen LogP contribution is -2.13. The van der Waals surface area contributed by atoms with Crippen molar-refractivity contribution in [3.63, 3.8) is 0 Å². The average molecular weight is 327 g/mol. The Labute approximate surface area is 138 Å². The number of aromatic nitrogens is 1. The minimum absolute atomic E-state index is 0.0511. The third-order valence-electron chi connectivity index (χ3n) is 3.81. The summed E-state index contributed by atoms with van der Waals surface area (Å²) >= 11 is 1.61. The van der Waals surface area contributed by atoms with E-state index >= 15 is 0 Å². The summed E-state index contributed by atoms with van der Waals surface area (Å²) in [7, 11) is 0. The molecule has 0 radical (unpaired) electrons. The smallest absolute Gasteiger partial charge is 0.352 e. The van der Waals surface area contributed by atoms with Gasteiger partial charge in [0.25, 0.3) is 0 Å². The molecule has 0 bridgehead atoms. The molecule has 0 aliphatic carbocycles. The summed E-state index contributed by atoms with van der Waals surface area (Å²) in [5.41, 5.74) is 2.26. The van der Waals surface area contributed by atoms with Crippen LogP contribution in [0, 0.1) is 0 Å². The topological polar surface area (TPSA) is 51.5 Å². The molecule has 1 unspecified atom stereocenters. The van der Waals surface area contributed by atoms with Gasteiger partial charge >= 0.3 is 5.97 Å². The van der Waals surface area contributed by atoms with Gasteiger partial charge in [0, 0.05) is 10.9 Å². The summed E-state index contributed by atoms with van der Waals surface area (Å²) in [5.74, 6) is -0.230. The fourth-order valence-corrected chi connectivity index (χ4v) is 3.45. The van der Waals surface area contributed by atoms with Crippen LogP contribution in [-0.4, -0.2) is 22.2 Å². The Morgan fingerprint density at radius 1 is 1.43 bits per heavy atom. The van der Waals surface area contributed by atoms with E-state index in [1.165, 1.54) is 0 Å². The normalized spacial score (nSPS) is 12.2. The Balaban J connectivity index is 2.12. The maximum absolute atomic E-state index is 11.7. The molecule has 0 aliphatic rings. The fourth-order valence-electron chi connectivity index (χ4n) is 2.70. The highest BCUT2D eigenvalue weighted by molar-refractivity contribution is 7.07. The Morgan fingerprint density at radius 3 is 2.91 bits per heavy atom. The number of nitrogens with zero attached hydrogens (tertiary/aromatic N) is 1. The Kier molecular flexibility index (Phi) is 4.21. The van der Waals surface area contributed by atoms with E-state index in [1.54, 1.807) is 23.5 Å². The van der Waals surface area contributed by atoms with Gasteiger partial charge in [-0.15, -0.1) is 0 Å². The number of thiophene rings is 1. The second-order valence-electron chi connectivity index (χ2n) is 5.26. The van der Waals surface area contributed by atoms with E-state index in [4.69, 9.17) is 4.74 Å². The van der Waals surface area contributed by atoms with Gasteiger partial charge in [0.1, 0.15) is 18.1 Å². The van der Waals surface area contributed by atoms with E-state index in [-0.39, 0.29) is 11.7 Å². The first-order chi connectivity index (χ1) is 11.1. The summed E-state index contributed by atoms with van der Waals surface area (Å²) in [6, 6.07) is 9.29. The van der Waals surface area contributed by atoms with Gasteiger partial charge in [0.05, 0.1) is 6.04 Å². The summed E-state index contributed by atoms with van der Waals surface area (Å²) in [5, 5.41) is 14.5. The van der Waals surface area contributed by atoms with Crippen LogP contribution in [0.25, 0.3) is 10.9 Å². The quantitative estimate of drug-likeness (QED) is 0.674. The highest BCUT2D eigenvalue weighted by Gasteiger charge is 2.20. The van der Waals surface area contributed by atoms with Crippen LogP contribution >= 0.6 is 11.3 Å². The molecule has 23 heavy (non-hydrogen) atoms. The molecule has 3 rings (SSSR count). The van der Waals surface area contributed by atoms with Crippen molar-refractivity contribution in [1.29, 1.82) is 0 Å². The number of ether oxygens (including phenoxy) is 1. The SMILES string of the molecule is C=CCOc1ccc2c(c1)cc(C(=O)O)n2C(C)c1ccsc1. The highest BCUT2D eigenvalue weighted by atomic mass is 32.1. The molecule has 2 heterocycles. The van der Waals surface area contributed by atoms with Gasteiger partial charge in [-0.3, -0.25) is 0 Å². The van der Waals surface area contributed by atoms with Crippen LogP contribution < -0.4 is 4.74 Å². The van der Waals surface area contributed by atoms with Crippen molar-refractivity contribution in [3.8, 4) is 5.75 Å². The first kappa shape index (κ1) is 15.4. The van der Waals surface area contributed by atoms with Crippen molar-refractivity contribution in [1.82, 2.24) is 4.57 Å². The van der Waals surface area contributed by atoms with E-state index in [2.05, 4.69) is 6.58 Å². The molecule has 2 aromatic heterocycles. The Hall–Kier alpha value is -2.53. The summed E-state index contributed by atoms with van der Waals surface area (Å²) < 4.78 is 7.39. The average Bonchev–Trinajstić information content (AvgIpc) is 3.19. The maximum Gasteiger partial charge on any atom is 0.352 e. The summed E-state index contributed by atoms with van der Waals surface area (Å²) in [6.45, 7) is 6.06. The third kappa shape index (κ3) is 2.87. The van der Waals surface area contributed by atoms with E-state index < -0.39 is 5.97 Å². The van der Waals surface area contributed by atoms with Gasteiger partial charge < -0.3 is 14.4 Å². The molecule has 0 fully saturated rings. The molecule has 0 saturated heterocycles. The number of rotatable bonds is 6. The van der Waals surface area contributed by atoms with Gasteiger partial charge in [-0.05, 0) is 53.6 Å². The second kappa shape index (κ2) is 6.30. The predicted octanol–water partition coefficient (Wildman–Crippen LogP) is 4.58. The zero-order valence-electron chi connectivity index (χ0n) is 12.7. The van der Waals surface area contributed by atoms with Crippen molar-refractivity contribution in [3.05, 3.63) is 65.0 Å².